The fourth-order valence-corrected chi connectivity index (χ4v) is 2.79. The standard InChI is InChI=1S/C20H17ClFN3O/c1-14-18(11-12-19(26)23-13-15-5-3-2-4-6-15)20(21)25(24-14)17-9-7-16(22)8-10-17/h2-12H,13H2,1H3,(H,23,26)/b12-11+. The Hall–Kier alpha value is -2.92. The first-order valence-corrected chi connectivity index (χ1v) is 8.43. The monoisotopic (exact) mass is 369 g/mol. The lowest BCUT2D eigenvalue weighted by atomic mass is 10.2. The zero-order chi connectivity index (χ0) is 18.5. The third-order valence-corrected chi connectivity index (χ3v) is 4.19. The molecule has 4 nitrogen and oxygen atoms in total. The Morgan fingerprint density at radius 1 is 1.19 bits per heavy atom. The van der Waals surface area contributed by atoms with Crippen LogP contribution in [0.15, 0.2) is 60.7 Å². The minimum atomic E-state index is -0.330. The molecule has 2 aromatic carbocycles. The predicted molar refractivity (Wildman–Crippen MR) is 101 cm³/mol. The van der Waals surface area contributed by atoms with Crippen molar-refractivity contribution in [3.05, 3.63) is 88.5 Å². The normalized spacial score (nSPS) is 11.0. The van der Waals surface area contributed by atoms with Gasteiger partial charge in [0.1, 0.15) is 11.0 Å². The summed E-state index contributed by atoms with van der Waals surface area (Å²) in [6.45, 7) is 2.25. The van der Waals surface area contributed by atoms with Crippen LogP contribution in [0.25, 0.3) is 11.8 Å². The first-order valence-electron chi connectivity index (χ1n) is 8.05. The third kappa shape index (κ3) is 4.18. The highest BCUT2D eigenvalue weighted by atomic mass is 35.5. The van der Waals surface area contributed by atoms with Crippen molar-refractivity contribution < 1.29 is 9.18 Å². The molecule has 1 heterocycles. The molecule has 1 N–H and O–H groups in total. The van der Waals surface area contributed by atoms with E-state index in [2.05, 4.69) is 10.4 Å². The molecule has 0 radical (unpaired) electrons. The van der Waals surface area contributed by atoms with Gasteiger partial charge in [-0.2, -0.15) is 5.10 Å². The van der Waals surface area contributed by atoms with E-state index in [0.717, 1.165) is 5.56 Å². The first kappa shape index (κ1) is 17.9. The Labute approximate surface area is 155 Å². The fraction of sp³-hybridized carbons (Fsp3) is 0.100. The van der Waals surface area contributed by atoms with Crippen LogP contribution in [-0.2, 0) is 11.3 Å². The summed E-state index contributed by atoms with van der Waals surface area (Å²) in [7, 11) is 0. The molecule has 0 fully saturated rings. The number of nitrogens with one attached hydrogen (secondary N) is 1. The highest BCUT2D eigenvalue weighted by Gasteiger charge is 2.13. The fourth-order valence-electron chi connectivity index (χ4n) is 2.46. The zero-order valence-electron chi connectivity index (χ0n) is 14.1. The number of hydrogen-bond donors (Lipinski definition) is 1. The Bertz CT molecular complexity index is 934. The molecule has 132 valence electrons. The Morgan fingerprint density at radius 3 is 2.58 bits per heavy atom. The topological polar surface area (TPSA) is 46.9 Å². The third-order valence-electron chi connectivity index (χ3n) is 3.83. The van der Waals surface area contributed by atoms with Crippen molar-refractivity contribution in [1.82, 2.24) is 15.1 Å². The number of aromatic nitrogens is 2. The van der Waals surface area contributed by atoms with Gasteiger partial charge < -0.3 is 5.32 Å². The molecule has 6 heteroatoms. The quantitative estimate of drug-likeness (QED) is 0.681. The van der Waals surface area contributed by atoms with Gasteiger partial charge in [0.05, 0.1) is 11.4 Å². The maximum absolute atomic E-state index is 13.1. The second kappa shape index (κ2) is 7.97. The smallest absolute Gasteiger partial charge is 0.244 e. The average molecular weight is 370 g/mol. The summed E-state index contributed by atoms with van der Waals surface area (Å²) in [4.78, 5) is 12.0. The summed E-state index contributed by atoms with van der Waals surface area (Å²) in [5.41, 5.74) is 2.98. The Balaban J connectivity index is 1.72. The van der Waals surface area contributed by atoms with Gasteiger partial charge in [0.2, 0.25) is 5.91 Å². The summed E-state index contributed by atoms with van der Waals surface area (Å²) < 4.78 is 14.6. The number of rotatable bonds is 5. The number of amides is 1. The van der Waals surface area contributed by atoms with Gasteiger partial charge >= 0.3 is 0 Å². The van der Waals surface area contributed by atoms with E-state index in [4.69, 9.17) is 11.6 Å². The minimum Gasteiger partial charge on any atom is -0.348 e. The molecule has 1 aromatic heterocycles. The Kier molecular flexibility index (Phi) is 5.49. The van der Waals surface area contributed by atoms with E-state index < -0.39 is 0 Å². The largest absolute Gasteiger partial charge is 0.348 e. The molecular formula is C20H17ClFN3O. The zero-order valence-corrected chi connectivity index (χ0v) is 14.9. The molecule has 1 amide bonds. The number of hydrogen-bond acceptors (Lipinski definition) is 2. The molecule has 0 atom stereocenters. The van der Waals surface area contributed by atoms with Crippen molar-refractivity contribution in [2.24, 2.45) is 0 Å². The molecule has 0 unspecified atom stereocenters. The second-order valence-corrected chi connectivity index (χ2v) is 6.07. The van der Waals surface area contributed by atoms with E-state index in [0.29, 0.717) is 28.6 Å². The van der Waals surface area contributed by atoms with Gasteiger partial charge in [-0.1, -0.05) is 41.9 Å². The number of aryl methyl sites for hydroxylation is 1. The number of carbonyl (C=O) groups excluding carboxylic acids is 1. The van der Waals surface area contributed by atoms with Crippen molar-refractivity contribution >= 4 is 23.6 Å². The van der Waals surface area contributed by atoms with Crippen LogP contribution in [0.2, 0.25) is 5.15 Å². The summed E-state index contributed by atoms with van der Waals surface area (Å²) in [5.74, 6) is -0.553. The van der Waals surface area contributed by atoms with E-state index >= 15 is 0 Å². The van der Waals surface area contributed by atoms with Crippen LogP contribution in [0.3, 0.4) is 0 Å². The van der Waals surface area contributed by atoms with Crippen molar-refractivity contribution in [2.45, 2.75) is 13.5 Å². The second-order valence-electron chi connectivity index (χ2n) is 5.71. The van der Waals surface area contributed by atoms with Crippen LogP contribution >= 0.6 is 11.6 Å². The molecule has 0 saturated carbocycles. The molecule has 3 rings (SSSR count). The van der Waals surface area contributed by atoms with Crippen molar-refractivity contribution in [2.75, 3.05) is 0 Å². The van der Waals surface area contributed by atoms with Crippen LogP contribution in [0.1, 0.15) is 16.8 Å². The summed E-state index contributed by atoms with van der Waals surface area (Å²) in [6, 6.07) is 15.5. The van der Waals surface area contributed by atoms with E-state index in [1.807, 2.05) is 30.3 Å². The average Bonchev–Trinajstić information content (AvgIpc) is 2.94. The van der Waals surface area contributed by atoms with Crippen molar-refractivity contribution in [3.8, 4) is 5.69 Å². The molecule has 3 aromatic rings. The summed E-state index contributed by atoms with van der Waals surface area (Å²) in [5, 5.41) is 7.54. The first-order chi connectivity index (χ1) is 12.5. The molecule has 0 aliphatic heterocycles. The lowest BCUT2D eigenvalue weighted by Crippen LogP contribution is -2.20. The van der Waals surface area contributed by atoms with Gasteiger partial charge in [-0.25, -0.2) is 9.07 Å². The SMILES string of the molecule is Cc1nn(-c2ccc(F)cc2)c(Cl)c1/C=C/C(=O)NCc1ccccc1. The van der Waals surface area contributed by atoms with E-state index in [1.165, 1.54) is 22.9 Å². The molecule has 0 spiro atoms. The van der Waals surface area contributed by atoms with Crippen LogP contribution in [0, 0.1) is 12.7 Å². The van der Waals surface area contributed by atoms with Gasteiger partial charge in [-0.05, 0) is 42.8 Å². The number of benzene rings is 2. The minimum absolute atomic E-state index is 0.223. The van der Waals surface area contributed by atoms with Crippen LogP contribution in [0.4, 0.5) is 4.39 Å². The lowest BCUT2D eigenvalue weighted by molar-refractivity contribution is -0.116. The number of carbonyl (C=O) groups is 1. The molecular weight excluding hydrogens is 353 g/mol. The van der Waals surface area contributed by atoms with E-state index in [-0.39, 0.29) is 11.7 Å². The molecule has 0 saturated heterocycles. The maximum atomic E-state index is 13.1. The molecule has 0 bridgehead atoms. The summed E-state index contributed by atoms with van der Waals surface area (Å²) in [6.07, 6.45) is 3.05. The molecule has 0 aliphatic rings. The number of nitrogens with zero attached hydrogens (tertiary/aromatic N) is 2. The van der Waals surface area contributed by atoms with Crippen LogP contribution in [0.5, 0.6) is 0 Å². The lowest BCUT2D eigenvalue weighted by Gasteiger charge is -2.03. The van der Waals surface area contributed by atoms with Gasteiger partial charge in [0.25, 0.3) is 0 Å². The van der Waals surface area contributed by atoms with E-state index in [1.54, 1.807) is 25.1 Å². The summed E-state index contributed by atoms with van der Waals surface area (Å²) >= 11 is 6.38. The van der Waals surface area contributed by atoms with Crippen LogP contribution in [-0.4, -0.2) is 15.7 Å². The van der Waals surface area contributed by atoms with Gasteiger partial charge in [0.15, 0.2) is 0 Å². The molecule has 0 aliphatic carbocycles. The maximum Gasteiger partial charge on any atom is 0.244 e. The molecule has 26 heavy (non-hydrogen) atoms. The predicted octanol–water partition coefficient (Wildman–Crippen LogP) is 4.30. The van der Waals surface area contributed by atoms with Crippen molar-refractivity contribution in [3.63, 3.8) is 0 Å². The number of halogens is 2. The van der Waals surface area contributed by atoms with Crippen molar-refractivity contribution in [1.29, 1.82) is 0 Å². The highest BCUT2D eigenvalue weighted by Crippen LogP contribution is 2.24. The van der Waals surface area contributed by atoms with Gasteiger partial charge in [0, 0.05) is 18.2 Å². The Morgan fingerprint density at radius 2 is 1.88 bits per heavy atom. The van der Waals surface area contributed by atoms with Crippen LogP contribution < -0.4 is 5.32 Å². The van der Waals surface area contributed by atoms with Gasteiger partial charge in [-0.3, -0.25) is 4.79 Å². The highest BCUT2D eigenvalue weighted by molar-refractivity contribution is 6.31. The van der Waals surface area contributed by atoms with Gasteiger partial charge in [-0.15, -0.1) is 0 Å². The van der Waals surface area contributed by atoms with E-state index in [9.17, 15) is 9.18 Å².